The maximum Gasteiger partial charge on any atom is 0.318 e. The van der Waals surface area contributed by atoms with Crippen molar-refractivity contribution in [3.8, 4) is 11.5 Å². The molecule has 1 fully saturated rings. The lowest BCUT2D eigenvalue weighted by Crippen LogP contribution is -2.49. The van der Waals surface area contributed by atoms with Crippen molar-refractivity contribution in [1.29, 1.82) is 0 Å². The molecule has 1 heterocycles. The average Bonchev–Trinajstić information content (AvgIpc) is 2.79. The van der Waals surface area contributed by atoms with Crippen LogP contribution in [0, 0.1) is 0 Å². The van der Waals surface area contributed by atoms with Crippen molar-refractivity contribution in [2.75, 3.05) is 27.8 Å². The number of carbonyl (C=O) groups excluding carboxylic acids is 2. The third kappa shape index (κ3) is 4.53. The number of rotatable bonds is 5. The molecule has 1 atom stereocenters. The molecule has 132 valence electrons. The summed E-state index contributed by atoms with van der Waals surface area (Å²) in [6.07, 6.45) is 2.53. The van der Waals surface area contributed by atoms with Crippen molar-refractivity contribution in [3.05, 3.63) is 23.8 Å². The second-order valence-electron chi connectivity index (χ2n) is 5.83. The van der Waals surface area contributed by atoms with Gasteiger partial charge in [0.15, 0.2) is 11.5 Å². The maximum atomic E-state index is 12.3. The Kier molecular flexibility index (Phi) is 6.28. The minimum absolute atomic E-state index is 0.111. The molecule has 0 aliphatic carbocycles. The van der Waals surface area contributed by atoms with Crippen LogP contribution in [-0.4, -0.2) is 50.7 Å². The van der Waals surface area contributed by atoms with Gasteiger partial charge in [0, 0.05) is 20.1 Å². The molecule has 7 heteroatoms. The molecule has 0 saturated carbocycles. The third-order valence-electron chi connectivity index (χ3n) is 4.05. The molecule has 0 aromatic heterocycles. The summed E-state index contributed by atoms with van der Waals surface area (Å²) in [6.45, 7) is 1.08. The summed E-state index contributed by atoms with van der Waals surface area (Å²) in [5, 5.41) is 5.61. The van der Waals surface area contributed by atoms with E-state index in [4.69, 9.17) is 9.47 Å². The van der Waals surface area contributed by atoms with E-state index in [0.29, 0.717) is 31.0 Å². The first kappa shape index (κ1) is 17.9. The quantitative estimate of drug-likeness (QED) is 0.855. The highest BCUT2D eigenvalue weighted by Gasteiger charge is 2.23. The van der Waals surface area contributed by atoms with Gasteiger partial charge in [-0.15, -0.1) is 0 Å². The zero-order valence-corrected chi connectivity index (χ0v) is 14.4. The number of hydrogen-bond acceptors (Lipinski definition) is 4. The molecule has 1 aromatic carbocycles. The highest BCUT2D eigenvalue weighted by atomic mass is 16.5. The van der Waals surface area contributed by atoms with Crippen molar-refractivity contribution < 1.29 is 19.1 Å². The summed E-state index contributed by atoms with van der Waals surface area (Å²) in [6, 6.07) is 4.78. The Morgan fingerprint density at radius 2 is 2.04 bits per heavy atom. The zero-order valence-electron chi connectivity index (χ0n) is 14.4. The minimum Gasteiger partial charge on any atom is -0.493 e. The first-order chi connectivity index (χ1) is 11.5. The average molecular weight is 335 g/mol. The summed E-state index contributed by atoms with van der Waals surface area (Å²) >= 11 is 0. The summed E-state index contributed by atoms with van der Waals surface area (Å²) in [7, 11) is 4.85. The van der Waals surface area contributed by atoms with Gasteiger partial charge in [0.1, 0.15) is 6.04 Å². The van der Waals surface area contributed by atoms with Gasteiger partial charge >= 0.3 is 6.03 Å². The van der Waals surface area contributed by atoms with Crippen molar-refractivity contribution in [2.45, 2.75) is 31.8 Å². The molecular weight excluding hydrogens is 310 g/mol. The minimum atomic E-state index is -0.465. The van der Waals surface area contributed by atoms with E-state index >= 15 is 0 Å². The second-order valence-corrected chi connectivity index (χ2v) is 5.83. The summed E-state index contributed by atoms with van der Waals surface area (Å²) in [4.78, 5) is 25.8. The smallest absolute Gasteiger partial charge is 0.318 e. The van der Waals surface area contributed by atoms with E-state index in [1.165, 1.54) is 0 Å². The van der Waals surface area contributed by atoms with Gasteiger partial charge in [0.25, 0.3) is 0 Å². The lowest BCUT2D eigenvalue weighted by molar-refractivity contribution is -0.122. The highest BCUT2D eigenvalue weighted by molar-refractivity contribution is 5.87. The summed E-state index contributed by atoms with van der Waals surface area (Å²) in [5.41, 5.74) is 0.913. The lowest BCUT2D eigenvalue weighted by atomic mass is 10.1. The van der Waals surface area contributed by atoms with Crippen LogP contribution in [0.3, 0.4) is 0 Å². The van der Waals surface area contributed by atoms with Crippen LogP contribution in [0.15, 0.2) is 18.2 Å². The van der Waals surface area contributed by atoms with Gasteiger partial charge in [-0.25, -0.2) is 4.79 Å². The Morgan fingerprint density at radius 1 is 1.29 bits per heavy atom. The molecule has 1 aliphatic rings. The number of benzene rings is 1. The van der Waals surface area contributed by atoms with Gasteiger partial charge in [-0.05, 0) is 37.0 Å². The van der Waals surface area contributed by atoms with Crippen molar-refractivity contribution >= 4 is 11.9 Å². The van der Waals surface area contributed by atoms with Gasteiger partial charge < -0.3 is 25.0 Å². The molecule has 1 aromatic rings. The highest BCUT2D eigenvalue weighted by Crippen LogP contribution is 2.27. The molecule has 1 aliphatic heterocycles. The fourth-order valence-corrected chi connectivity index (χ4v) is 2.66. The topological polar surface area (TPSA) is 79.9 Å². The Bertz CT molecular complexity index is 591. The SMILES string of the molecule is COc1ccc(CN(C)C(=O)NC2CCCCNC2=O)cc1OC. The summed E-state index contributed by atoms with van der Waals surface area (Å²) in [5.74, 6) is 1.15. The zero-order chi connectivity index (χ0) is 17.5. The van der Waals surface area contributed by atoms with E-state index in [2.05, 4.69) is 10.6 Å². The molecule has 2 N–H and O–H groups in total. The molecule has 1 saturated heterocycles. The molecule has 0 bridgehead atoms. The number of methoxy groups -OCH3 is 2. The Balaban J connectivity index is 1.97. The van der Waals surface area contributed by atoms with Gasteiger partial charge in [-0.3, -0.25) is 4.79 Å². The van der Waals surface area contributed by atoms with Gasteiger partial charge in [-0.2, -0.15) is 0 Å². The van der Waals surface area contributed by atoms with E-state index in [1.807, 2.05) is 12.1 Å². The molecule has 1 unspecified atom stereocenters. The van der Waals surface area contributed by atoms with Crippen LogP contribution in [0.5, 0.6) is 11.5 Å². The third-order valence-corrected chi connectivity index (χ3v) is 4.05. The fraction of sp³-hybridized carbons (Fsp3) is 0.529. The number of hydrogen-bond donors (Lipinski definition) is 2. The largest absolute Gasteiger partial charge is 0.493 e. The Morgan fingerprint density at radius 3 is 2.75 bits per heavy atom. The van der Waals surface area contributed by atoms with Crippen LogP contribution in [0.1, 0.15) is 24.8 Å². The second kappa shape index (κ2) is 8.42. The Labute approximate surface area is 142 Å². The standard InChI is InChI=1S/C17H25N3O4/c1-20(11-12-7-8-14(23-2)15(10-12)24-3)17(22)19-13-6-4-5-9-18-16(13)21/h7-8,10,13H,4-6,9,11H2,1-3H3,(H,18,21)(H,19,22). The van der Waals surface area contributed by atoms with E-state index < -0.39 is 6.04 Å². The van der Waals surface area contributed by atoms with Crippen molar-refractivity contribution in [3.63, 3.8) is 0 Å². The van der Waals surface area contributed by atoms with Gasteiger partial charge in [0.2, 0.25) is 5.91 Å². The molecule has 0 spiro atoms. The normalized spacial score (nSPS) is 17.5. The number of nitrogens with zero attached hydrogens (tertiary/aromatic N) is 1. The van der Waals surface area contributed by atoms with Gasteiger partial charge in [0.05, 0.1) is 14.2 Å². The number of urea groups is 1. The van der Waals surface area contributed by atoms with Gasteiger partial charge in [-0.1, -0.05) is 6.07 Å². The molecule has 7 nitrogen and oxygen atoms in total. The maximum absolute atomic E-state index is 12.3. The monoisotopic (exact) mass is 335 g/mol. The fourth-order valence-electron chi connectivity index (χ4n) is 2.66. The summed E-state index contributed by atoms with van der Waals surface area (Å²) < 4.78 is 10.5. The lowest BCUT2D eigenvalue weighted by Gasteiger charge is -2.22. The van der Waals surface area contributed by atoms with Crippen LogP contribution >= 0.6 is 0 Å². The molecule has 3 amide bonds. The Hall–Kier alpha value is -2.44. The van der Waals surface area contributed by atoms with E-state index in [9.17, 15) is 9.59 Å². The number of ether oxygens (including phenoxy) is 2. The van der Waals surface area contributed by atoms with Crippen LogP contribution in [0.2, 0.25) is 0 Å². The first-order valence-corrected chi connectivity index (χ1v) is 8.05. The number of nitrogens with one attached hydrogen (secondary N) is 2. The van der Waals surface area contributed by atoms with Crippen LogP contribution in [0.4, 0.5) is 4.79 Å². The number of amides is 3. The van der Waals surface area contributed by atoms with Crippen LogP contribution in [-0.2, 0) is 11.3 Å². The van der Waals surface area contributed by atoms with Crippen LogP contribution in [0.25, 0.3) is 0 Å². The van der Waals surface area contributed by atoms with E-state index in [1.54, 1.807) is 32.2 Å². The van der Waals surface area contributed by atoms with Crippen molar-refractivity contribution in [1.82, 2.24) is 15.5 Å². The number of carbonyl (C=O) groups is 2. The molecule has 0 radical (unpaired) electrons. The predicted octanol–water partition coefficient (Wildman–Crippen LogP) is 1.51. The van der Waals surface area contributed by atoms with E-state index in [0.717, 1.165) is 18.4 Å². The predicted molar refractivity (Wildman–Crippen MR) is 90.2 cm³/mol. The molecule has 24 heavy (non-hydrogen) atoms. The van der Waals surface area contributed by atoms with Crippen molar-refractivity contribution in [2.24, 2.45) is 0 Å². The molecule has 2 rings (SSSR count). The van der Waals surface area contributed by atoms with E-state index in [-0.39, 0.29) is 11.9 Å². The molecular formula is C17H25N3O4. The van der Waals surface area contributed by atoms with Crippen LogP contribution < -0.4 is 20.1 Å². The first-order valence-electron chi connectivity index (χ1n) is 8.05.